The van der Waals surface area contributed by atoms with Crippen molar-refractivity contribution >= 4 is 28.9 Å². The molecule has 20 heavy (non-hydrogen) atoms. The molecule has 0 heterocycles. The largest absolute Gasteiger partial charge is 0.397 e. The molecular weight excluding hydrogens is 276 g/mol. The molecule has 0 saturated heterocycles. The molecule has 5 nitrogen and oxygen atoms in total. The van der Waals surface area contributed by atoms with Crippen LogP contribution in [0.25, 0.3) is 0 Å². The lowest BCUT2D eigenvalue weighted by Crippen LogP contribution is -2.26. The number of hydrogen-bond donors (Lipinski definition) is 3. The monoisotopic (exact) mass is 292 g/mol. The van der Waals surface area contributed by atoms with Crippen LogP contribution in [-0.2, 0) is 4.79 Å². The van der Waals surface area contributed by atoms with Gasteiger partial charge in [0.1, 0.15) is 11.6 Å². The van der Waals surface area contributed by atoms with Crippen molar-refractivity contribution in [1.29, 1.82) is 5.26 Å². The smallest absolute Gasteiger partial charge is 0.263 e. The molecule has 0 bridgehead atoms. The Balaban J connectivity index is 2.73. The lowest BCUT2D eigenvalue weighted by Gasteiger charge is -2.07. The molecule has 6 heteroatoms. The van der Waals surface area contributed by atoms with Gasteiger partial charge in [-0.05, 0) is 31.0 Å². The molecule has 1 aromatic carbocycles. The summed E-state index contributed by atoms with van der Waals surface area (Å²) in [6, 6.07) is 7.33. The van der Waals surface area contributed by atoms with Gasteiger partial charge in [-0.1, -0.05) is 6.07 Å². The summed E-state index contributed by atoms with van der Waals surface area (Å²) in [4.78, 5) is 11.7. The zero-order valence-corrected chi connectivity index (χ0v) is 12.0. The number of carbonyl (C=O) groups is 1. The third-order valence-corrected chi connectivity index (χ3v) is 2.81. The Labute approximate surface area is 123 Å². The van der Waals surface area contributed by atoms with Crippen molar-refractivity contribution in [2.24, 2.45) is 0 Å². The number of benzene rings is 1. The summed E-state index contributed by atoms with van der Waals surface area (Å²) in [6.07, 6.45) is 2.01. The minimum Gasteiger partial charge on any atom is -0.397 e. The number of nitriles is 1. The number of rotatable bonds is 6. The van der Waals surface area contributed by atoms with E-state index < -0.39 is 5.91 Å². The number of halogens is 1. The minimum atomic E-state index is -0.434. The van der Waals surface area contributed by atoms with Crippen LogP contribution in [0.1, 0.15) is 12.0 Å². The fourth-order valence-corrected chi connectivity index (χ4v) is 1.59. The van der Waals surface area contributed by atoms with Crippen molar-refractivity contribution in [1.82, 2.24) is 5.32 Å². The number of carbonyl (C=O) groups excluding carboxylic acids is 1. The number of nitrogens with two attached hydrogens (primary N) is 1. The molecule has 0 aliphatic heterocycles. The molecule has 0 radical (unpaired) electrons. The van der Waals surface area contributed by atoms with E-state index in [2.05, 4.69) is 10.6 Å². The van der Waals surface area contributed by atoms with Gasteiger partial charge >= 0.3 is 0 Å². The predicted molar refractivity (Wildman–Crippen MR) is 81.3 cm³/mol. The number of nitrogen functional groups attached to an aromatic ring is 1. The first-order valence-corrected chi connectivity index (χ1v) is 6.69. The van der Waals surface area contributed by atoms with Crippen molar-refractivity contribution in [3.63, 3.8) is 0 Å². The summed E-state index contributed by atoms with van der Waals surface area (Å²) in [5, 5.41) is 14.5. The summed E-state index contributed by atoms with van der Waals surface area (Å²) in [6.45, 7) is 2.37. The van der Waals surface area contributed by atoms with Crippen molar-refractivity contribution in [3.05, 3.63) is 35.5 Å². The molecule has 0 aromatic heterocycles. The molecule has 0 unspecified atom stereocenters. The maximum atomic E-state index is 11.7. The van der Waals surface area contributed by atoms with Gasteiger partial charge in [0.15, 0.2) is 0 Å². The van der Waals surface area contributed by atoms with Crippen LogP contribution in [-0.4, -0.2) is 18.3 Å². The Morgan fingerprint density at radius 1 is 1.55 bits per heavy atom. The third-order valence-electron chi connectivity index (χ3n) is 2.54. The number of alkyl halides is 1. The molecule has 0 atom stereocenters. The first kappa shape index (κ1) is 15.9. The number of nitrogens with one attached hydrogen (secondary N) is 2. The summed E-state index contributed by atoms with van der Waals surface area (Å²) in [7, 11) is 0. The molecule has 0 saturated carbocycles. The molecule has 0 fully saturated rings. The Bertz CT molecular complexity index is 549. The minimum absolute atomic E-state index is 0.0134. The third kappa shape index (κ3) is 4.82. The summed E-state index contributed by atoms with van der Waals surface area (Å²) in [5.74, 6) is 0.0283. The van der Waals surface area contributed by atoms with Crippen LogP contribution in [0, 0.1) is 18.3 Å². The Kier molecular flexibility index (Phi) is 6.41. The first-order valence-electron chi connectivity index (χ1n) is 6.15. The Morgan fingerprint density at radius 2 is 2.30 bits per heavy atom. The lowest BCUT2D eigenvalue weighted by molar-refractivity contribution is -0.117. The number of hydrogen-bond acceptors (Lipinski definition) is 4. The molecule has 0 aliphatic rings. The van der Waals surface area contributed by atoms with Crippen LogP contribution < -0.4 is 16.4 Å². The van der Waals surface area contributed by atoms with E-state index in [1.165, 1.54) is 6.20 Å². The molecule has 1 aromatic rings. The highest BCUT2D eigenvalue weighted by Crippen LogP contribution is 2.19. The highest BCUT2D eigenvalue weighted by molar-refractivity contribution is 6.17. The van der Waals surface area contributed by atoms with E-state index >= 15 is 0 Å². The topological polar surface area (TPSA) is 90.9 Å². The molecule has 1 rings (SSSR count). The van der Waals surface area contributed by atoms with E-state index in [-0.39, 0.29) is 5.57 Å². The molecule has 0 aliphatic carbocycles. The van der Waals surface area contributed by atoms with Crippen LogP contribution in [0.4, 0.5) is 11.4 Å². The van der Waals surface area contributed by atoms with Gasteiger partial charge in [0.25, 0.3) is 5.91 Å². The second kappa shape index (κ2) is 8.08. The van der Waals surface area contributed by atoms with Crippen LogP contribution in [0.15, 0.2) is 30.0 Å². The number of aryl methyl sites for hydroxylation is 1. The first-order chi connectivity index (χ1) is 9.58. The molecule has 0 spiro atoms. The molecule has 1 amide bonds. The zero-order chi connectivity index (χ0) is 15.0. The molecule has 106 valence electrons. The van der Waals surface area contributed by atoms with E-state index in [1.807, 2.05) is 25.1 Å². The fourth-order valence-electron chi connectivity index (χ4n) is 1.46. The van der Waals surface area contributed by atoms with Gasteiger partial charge < -0.3 is 16.4 Å². The van der Waals surface area contributed by atoms with Gasteiger partial charge in [0.2, 0.25) is 0 Å². The fraction of sp³-hybridized carbons (Fsp3) is 0.286. The average Bonchev–Trinajstić information content (AvgIpc) is 2.43. The average molecular weight is 293 g/mol. The standard InChI is InChI=1S/C14H17ClN4O/c1-10-3-4-12(17)13(7-10)19-9-11(8-16)14(20)18-6-2-5-15/h3-4,7,9,19H,2,5-6,17H2,1H3,(H,18,20)/b11-9-. The van der Waals surface area contributed by atoms with Crippen LogP contribution >= 0.6 is 11.6 Å². The second-order valence-corrected chi connectivity index (χ2v) is 4.58. The second-order valence-electron chi connectivity index (χ2n) is 4.20. The van der Waals surface area contributed by atoms with Crippen molar-refractivity contribution < 1.29 is 4.79 Å². The maximum absolute atomic E-state index is 11.7. The van der Waals surface area contributed by atoms with Crippen molar-refractivity contribution in [2.45, 2.75) is 13.3 Å². The van der Waals surface area contributed by atoms with Crippen LogP contribution in [0.2, 0.25) is 0 Å². The predicted octanol–water partition coefficient (Wildman–Crippen LogP) is 2.14. The van der Waals surface area contributed by atoms with Crippen LogP contribution in [0.3, 0.4) is 0 Å². The highest BCUT2D eigenvalue weighted by Gasteiger charge is 2.08. The highest BCUT2D eigenvalue weighted by atomic mass is 35.5. The van der Waals surface area contributed by atoms with Crippen molar-refractivity contribution in [2.75, 3.05) is 23.5 Å². The summed E-state index contributed by atoms with van der Waals surface area (Å²) >= 11 is 5.51. The Morgan fingerprint density at radius 3 is 2.95 bits per heavy atom. The van der Waals surface area contributed by atoms with Gasteiger partial charge in [-0.15, -0.1) is 11.6 Å². The summed E-state index contributed by atoms with van der Waals surface area (Å²) < 4.78 is 0. The maximum Gasteiger partial charge on any atom is 0.263 e. The molecule has 4 N–H and O–H groups in total. The van der Waals surface area contributed by atoms with Gasteiger partial charge in [0, 0.05) is 18.6 Å². The normalized spacial score (nSPS) is 10.8. The van der Waals surface area contributed by atoms with E-state index in [1.54, 1.807) is 6.07 Å². The van der Waals surface area contributed by atoms with Crippen LogP contribution in [0.5, 0.6) is 0 Å². The van der Waals surface area contributed by atoms with Gasteiger partial charge in [-0.25, -0.2) is 0 Å². The number of amides is 1. The number of anilines is 2. The quantitative estimate of drug-likeness (QED) is 0.246. The van der Waals surface area contributed by atoms with E-state index in [0.29, 0.717) is 30.2 Å². The number of nitrogens with zero attached hydrogens (tertiary/aromatic N) is 1. The zero-order valence-electron chi connectivity index (χ0n) is 11.2. The van der Waals surface area contributed by atoms with E-state index in [0.717, 1.165) is 5.56 Å². The van der Waals surface area contributed by atoms with Gasteiger partial charge in [-0.2, -0.15) is 5.26 Å². The van der Waals surface area contributed by atoms with Gasteiger partial charge in [0.05, 0.1) is 11.4 Å². The summed E-state index contributed by atoms with van der Waals surface area (Å²) in [5.41, 5.74) is 8.02. The Hall–Kier alpha value is -2.19. The SMILES string of the molecule is Cc1ccc(N)c(N/C=C(/C#N)C(=O)NCCCCl)c1. The molecular formula is C14H17ClN4O. The van der Waals surface area contributed by atoms with Crippen molar-refractivity contribution in [3.8, 4) is 6.07 Å². The van der Waals surface area contributed by atoms with E-state index in [9.17, 15) is 4.79 Å². The van der Waals surface area contributed by atoms with Gasteiger partial charge in [-0.3, -0.25) is 4.79 Å². The lowest BCUT2D eigenvalue weighted by atomic mass is 10.2. The van der Waals surface area contributed by atoms with E-state index in [4.69, 9.17) is 22.6 Å².